The van der Waals surface area contributed by atoms with E-state index in [1.165, 1.54) is 43.9 Å². The van der Waals surface area contributed by atoms with Gasteiger partial charge in [-0.2, -0.15) is 0 Å². The standard InChI is InChI=1S/C23H27N5O4S/c1-15-7-5-6-8-17(15)27-9-11-28(12-10-27)23-26-25-22(33-23)24-21(29)16-13-18(30-2)20(32-4)19(14-16)31-3/h5-8,13-14H,9-12H2,1-4H3,(H,24,25,29). The number of hydrogen-bond acceptors (Lipinski definition) is 9. The van der Waals surface area contributed by atoms with Gasteiger partial charge < -0.3 is 24.0 Å². The number of nitrogens with one attached hydrogen (secondary N) is 1. The summed E-state index contributed by atoms with van der Waals surface area (Å²) >= 11 is 1.36. The van der Waals surface area contributed by atoms with Crippen molar-refractivity contribution in [2.45, 2.75) is 6.92 Å². The minimum atomic E-state index is -0.332. The van der Waals surface area contributed by atoms with E-state index in [2.05, 4.69) is 56.5 Å². The van der Waals surface area contributed by atoms with Crippen LogP contribution in [0, 0.1) is 6.92 Å². The van der Waals surface area contributed by atoms with Gasteiger partial charge >= 0.3 is 0 Å². The van der Waals surface area contributed by atoms with E-state index in [1.807, 2.05) is 0 Å². The van der Waals surface area contributed by atoms with Gasteiger partial charge in [0, 0.05) is 37.4 Å². The smallest absolute Gasteiger partial charge is 0.257 e. The third-order valence-electron chi connectivity index (χ3n) is 5.57. The summed E-state index contributed by atoms with van der Waals surface area (Å²) in [6.45, 7) is 5.61. The lowest BCUT2D eigenvalue weighted by atomic mass is 10.1. The highest BCUT2D eigenvalue weighted by atomic mass is 32.1. The number of aromatic nitrogens is 2. The van der Waals surface area contributed by atoms with Crippen LogP contribution in [0.5, 0.6) is 17.2 Å². The van der Waals surface area contributed by atoms with Crippen molar-refractivity contribution >= 4 is 33.2 Å². The van der Waals surface area contributed by atoms with Crippen molar-refractivity contribution in [3.05, 3.63) is 47.5 Å². The fourth-order valence-electron chi connectivity index (χ4n) is 3.83. The van der Waals surface area contributed by atoms with Gasteiger partial charge in [-0.15, -0.1) is 10.2 Å². The van der Waals surface area contributed by atoms with Crippen LogP contribution < -0.4 is 29.3 Å². The maximum Gasteiger partial charge on any atom is 0.257 e. The minimum Gasteiger partial charge on any atom is -0.493 e. The van der Waals surface area contributed by atoms with E-state index < -0.39 is 0 Å². The molecule has 1 N–H and O–H groups in total. The lowest BCUT2D eigenvalue weighted by Crippen LogP contribution is -2.46. The van der Waals surface area contributed by atoms with Gasteiger partial charge in [-0.1, -0.05) is 29.5 Å². The molecule has 1 fully saturated rings. The van der Waals surface area contributed by atoms with E-state index in [9.17, 15) is 4.79 Å². The maximum absolute atomic E-state index is 12.8. The van der Waals surface area contributed by atoms with Crippen LogP contribution in [0.2, 0.25) is 0 Å². The molecule has 2 aromatic carbocycles. The molecule has 1 amide bonds. The molecule has 1 saturated heterocycles. The van der Waals surface area contributed by atoms with Gasteiger partial charge in [-0.25, -0.2) is 0 Å². The number of amides is 1. The van der Waals surface area contributed by atoms with Gasteiger partial charge in [0.25, 0.3) is 5.91 Å². The van der Waals surface area contributed by atoms with E-state index in [1.54, 1.807) is 12.1 Å². The number of ether oxygens (including phenoxy) is 3. The first-order valence-corrected chi connectivity index (χ1v) is 11.4. The molecule has 1 aliphatic heterocycles. The highest BCUT2D eigenvalue weighted by Crippen LogP contribution is 2.38. The van der Waals surface area contributed by atoms with Crippen molar-refractivity contribution in [3.8, 4) is 17.2 Å². The number of para-hydroxylation sites is 1. The Bertz CT molecular complexity index is 1100. The third-order valence-corrected chi connectivity index (χ3v) is 6.47. The van der Waals surface area contributed by atoms with E-state index in [4.69, 9.17) is 14.2 Å². The predicted molar refractivity (Wildman–Crippen MR) is 130 cm³/mol. The Morgan fingerprint density at radius 1 is 0.939 bits per heavy atom. The van der Waals surface area contributed by atoms with Crippen LogP contribution in [0.15, 0.2) is 36.4 Å². The third kappa shape index (κ3) is 4.80. The molecule has 1 aromatic heterocycles. The average molecular weight is 470 g/mol. The molecule has 0 radical (unpaired) electrons. The fraction of sp³-hybridized carbons (Fsp3) is 0.348. The molecule has 0 bridgehead atoms. The van der Waals surface area contributed by atoms with Crippen LogP contribution in [0.25, 0.3) is 0 Å². The van der Waals surface area contributed by atoms with Crippen molar-refractivity contribution in [2.75, 3.05) is 62.6 Å². The number of aryl methyl sites for hydroxylation is 1. The lowest BCUT2D eigenvalue weighted by molar-refractivity contribution is 0.102. The summed E-state index contributed by atoms with van der Waals surface area (Å²) < 4.78 is 16.0. The monoisotopic (exact) mass is 469 g/mol. The Balaban J connectivity index is 1.41. The molecule has 0 saturated carbocycles. The molecule has 174 valence electrons. The van der Waals surface area contributed by atoms with E-state index >= 15 is 0 Å². The summed E-state index contributed by atoms with van der Waals surface area (Å²) in [7, 11) is 4.54. The molecule has 0 unspecified atom stereocenters. The summed E-state index contributed by atoms with van der Waals surface area (Å²) in [4.78, 5) is 17.4. The zero-order valence-corrected chi connectivity index (χ0v) is 19.9. The number of rotatable bonds is 7. The second-order valence-corrected chi connectivity index (χ2v) is 8.47. The first-order valence-electron chi connectivity index (χ1n) is 10.5. The van der Waals surface area contributed by atoms with E-state index in [-0.39, 0.29) is 5.91 Å². The summed E-state index contributed by atoms with van der Waals surface area (Å²) in [5.41, 5.74) is 2.92. The summed E-state index contributed by atoms with van der Waals surface area (Å²) in [6, 6.07) is 11.6. The second-order valence-electron chi connectivity index (χ2n) is 7.52. The van der Waals surface area contributed by atoms with Crippen molar-refractivity contribution in [1.29, 1.82) is 0 Å². The van der Waals surface area contributed by atoms with Gasteiger partial charge in [0.15, 0.2) is 11.5 Å². The van der Waals surface area contributed by atoms with Crippen molar-refractivity contribution in [3.63, 3.8) is 0 Å². The Kier molecular flexibility index (Phi) is 6.83. The van der Waals surface area contributed by atoms with Crippen molar-refractivity contribution in [2.24, 2.45) is 0 Å². The van der Waals surface area contributed by atoms with Crippen LogP contribution in [-0.4, -0.2) is 63.6 Å². The Morgan fingerprint density at radius 2 is 1.58 bits per heavy atom. The SMILES string of the molecule is COc1cc(C(=O)Nc2nnc(N3CCN(c4ccccc4C)CC3)s2)cc(OC)c1OC. The van der Waals surface area contributed by atoms with Crippen molar-refractivity contribution < 1.29 is 19.0 Å². The average Bonchev–Trinajstić information content (AvgIpc) is 3.31. The molecular weight excluding hydrogens is 442 g/mol. The maximum atomic E-state index is 12.8. The topological polar surface area (TPSA) is 89.0 Å². The Labute approximate surface area is 196 Å². The van der Waals surface area contributed by atoms with Crippen LogP contribution in [0.4, 0.5) is 16.0 Å². The molecular formula is C23H27N5O4S. The Morgan fingerprint density at radius 3 is 2.18 bits per heavy atom. The molecule has 0 atom stereocenters. The molecule has 10 heteroatoms. The molecule has 33 heavy (non-hydrogen) atoms. The van der Waals surface area contributed by atoms with Gasteiger partial charge in [0.2, 0.25) is 16.0 Å². The molecule has 4 rings (SSSR count). The molecule has 3 aromatic rings. The van der Waals surface area contributed by atoms with E-state index in [0.29, 0.717) is 27.9 Å². The number of carbonyl (C=O) groups is 1. The van der Waals surface area contributed by atoms with Crippen LogP contribution in [-0.2, 0) is 0 Å². The first kappa shape index (κ1) is 22.7. The molecule has 1 aliphatic rings. The lowest BCUT2D eigenvalue weighted by Gasteiger charge is -2.36. The number of anilines is 3. The second kappa shape index (κ2) is 9.95. The number of methoxy groups -OCH3 is 3. The van der Waals surface area contributed by atoms with Gasteiger partial charge in [-0.05, 0) is 30.7 Å². The van der Waals surface area contributed by atoms with E-state index in [0.717, 1.165) is 31.3 Å². The molecule has 0 spiro atoms. The number of nitrogens with zero attached hydrogens (tertiary/aromatic N) is 4. The van der Waals surface area contributed by atoms with Gasteiger partial charge in [-0.3, -0.25) is 10.1 Å². The number of carbonyl (C=O) groups excluding carboxylic acids is 1. The summed E-state index contributed by atoms with van der Waals surface area (Å²) in [5.74, 6) is 0.916. The number of benzene rings is 2. The highest BCUT2D eigenvalue weighted by Gasteiger charge is 2.22. The largest absolute Gasteiger partial charge is 0.493 e. The molecule has 9 nitrogen and oxygen atoms in total. The zero-order valence-electron chi connectivity index (χ0n) is 19.1. The molecule has 2 heterocycles. The predicted octanol–water partition coefficient (Wildman–Crippen LogP) is 3.45. The number of piperazine rings is 1. The van der Waals surface area contributed by atoms with Crippen molar-refractivity contribution in [1.82, 2.24) is 10.2 Å². The normalized spacial score (nSPS) is 13.6. The van der Waals surface area contributed by atoms with Gasteiger partial charge in [0.05, 0.1) is 21.3 Å². The molecule has 0 aliphatic carbocycles. The van der Waals surface area contributed by atoms with Crippen LogP contribution in [0.3, 0.4) is 0 Å². The fourth-order valence-corrected chi connectivity index (χ4v) is 4.62. The zero-order chi connectivity index (χ0) is 23.4. The summed E-state index contributed by atoms with van der Waals surface area (Å²) in [5, 5.41) is 12.5. The minimum absolute atomic E-state index is 0.332. The van der Waals surface area contributed by atoms with Gasteiger partial charge in [0.1, 0.15) is 0 Å². The summed E-state index contributed by atoms with van der Waals surface area (Å²) in [6.07, 6.45) is 0. The van der Waals surface area contributed by atoms with Crippen LogP contribution in [0.1, 0.15) is 15.9 Å². The highest BCUT2D eigenvalue weighted by molar-refractivity contribution is 7.19. The quantitative estimate of drug-likeness (QED) is 0.563. The first-order chi connectivity index (χ1) is 16.0. The Hall–Kier alpha value is -3.53. The number of hydrogen-bond donors (Lipinski definition) is 1. The van der Waals surface area contributed by atoms with Crippen LogP contribution >= 0.6 is 11.3 Å².